The normalized spacial score (nSPS) is 12.9. The van der Waals surface area contributed by atoms with E-state index < -0.39 is 0 Å². The Morgan fingerprint density at radius 3 is 2.94 bits per heavy atom. The van der Waals surface area contributed by atoms with Gasteiger partial charge in [-0.1, -0.05) is 6.92 Å². The Hall–Kier alpha value is -1.13. The van der Waals surface area contributed by atoms with Crippen LogP contribution in [0.5, 0.6) is 0 Å². The Bertz CT molecular complexity index is 445. The third kappa shape index (κ3) is 2.33. The summed E-state index contributed by atoms with van der Waals surface area (Å²) in [6.07, 6.45) is 1.84. The van der Waals surface area contributed by atoms with Crippen molar-refractivity contribution in [3.63, 3.8) is 0 Å². The van der Waals surface area contributed by atoms with Gasteiger partial charge in [0.2, 0.25) is 0 Å². The first-order valence-corrected chi connectivity index (χ1v) is 6.44. The van der Waals surface area contributed by atoms with Gasteiger partial charge in [-0.15, -0.1) is 0 Å². The van der Waals surface area contributed by atoms with Gasteiger partial charge in [0.05, 0.1) is 17.4 Å². The summed E-state index contributed by atoms with van der Waals surface area (Å²) in [4.78, 5) is 0. The van der Waals surface area contributed by atoms with E-state index in [0.717, 1.165) is 24.2 Å². The standard InChI is InChI=1S/C12H17N3S/c1-3-10-7-12(15(2)14-10)11(13)6-9-4-5-16-8-9/h4-5,7-8,11H,3,6,13H2,1-2H3. The van der Waals surface area contributed by atoms with Gasteiger partial charge in [0.15, 0.2) is 0 Å². The average molecular weight is 235 g/mol. The summed E-state index contributed by atoms with van der Waals surface area (Å²) in [5, 5.41) is 8.65. The van der Waals surface area contributed by atoms with E-state index in [1.54, 1.807) is 11.3 Å². The molecule has 0 aliphatic heterocycles. The molecule has 0 bridgehead atoms. The Morgan fingerprint density at radius 2 is 2.38 bits per heavy atom. The first kappa shape index (κ1) is 11.4. The second-order valence-corrected chi connectivity index (χ2v) is 4.76. The summed E-state index contributed by atoms with van der Waals surface area (Å²) in [6.45, 7) is 2.11. The molecule has 2 aromatic heterocycles. The van der Waals surface area contributed by atoms with E-state index in [0.29, 0.717) is 0 Å². The third-order valence-corrected chi connectivity index (χ3v) is 3.48. The zero-order valence-electron chi connectivity index (χ0n) is 9.68. The van der Waals surface area contributed by atoms with Gasteiger partial charge in [0, 0.05) is 7.05 Å². The molecular weight excluding hydrogens is 218 g/mol. The van der Waals surface area contributed by atoms with E-state index in [4.69, 9.17) is 5.73 Å². The summed E-state index contributed by atoms with van der Waals surface area (Å²) >= 11 is 1.71. The number of rotatable bonds is 4. The fourth-order valence-electron chi connectivity index (χ4n) is 1.83. The zero-order valence-corrected chi connectivity index (χ0v) is 10.5. The maximum absolute atomic E-state index is 6.20. The van der Waals surface area contributed by atoms with Crippen LogP contribution < -0.4 is 5.73 Å². The zero-order chi connectivity index (χ0) is 11.5. The molecule has 1 atom stereocenters. The van der Waals surface area contributed by atoms with Crippen molar-refractivity contribution in [3.8, 4) is 0 Å². The molecule has 0 radical (unpaired) electrons. The van der Waals surface area contributed by atoms with Crippen LogP contribution in [-0.2, 0) is 19.9 Å². The third-order valence-electron chi connectivity index (χ3n) is 2.74. The molecule has 1 unspecified atom stereocenters. The van der Waals surface area contributed by atoms with Crippen molar-refractivity contribution in [2.45, 2.75) is 25.8 Å². The van der Waals surface area contributed by atoms with Crippen LogP contribution >= 0.6 is 11.3 Å². The molecule has 0 fully saturated rings. The Kier molecular flexibility index (Phi) is 3.41. The molecule has 0 aromatic carbocycles. The molecule has 2 heterocycles. The van der Waals surface area contributed by atoms with Gasteiger partial charge in [0.1, 0.15) is 0 Å². The fourth-order valence-corrected chi connectivity index (χ4v) is 2.51. The van der Waals surface area contributed by atoms with E-state index in [2.05, 4.69) is 34.9 Å². The summed E-state index contributed by atoms with van der Waals surface area (Å²) in [7, 11) is 1.96. The minimum Gasteiger partial charge on any atom is -0.322 e. The second kappa shape index (κ2) is 4.80. The van der Waals surface area contributed by atoms with Crippen molar-refractivity contribution in [2.24, 2.45) is 12.8 Å². The number of hydrogen-bond donors (Lipinski definition) is 1. The lowest BCUT2D eigenvalue weighted by molar-refractivity contribution is 0.614. The minimum atomic E-state index is 0.0346. The smallest absolute Gasteiger partial charge is 0.0625 e. The Labute approximate surface area is 99.9 Å². The summed E-state index contributed by atoms with van der Waals surface area (Å²) in [6, 6.07) is 4.27. The van der Waals surface area contributed by atoms with E-state index in [1.807, 2.05) is 11.7 Å². The van der Waals surface area contributed by atoms with Crippen LogP contribution in [0.15, 0.2) is 22.9 Å². The SMILES string of the molecule is CCc1cc(C(N)Cc2ccsc2)n(C)n1. The largest absolute Gasteiger partial charge is 0.322 e. The number of hydrogen-bond acceptors (Lipinski definition) is 3. The van der Waals surface area contributed by atoms with Crippen LogP contribution in [0.1, 0.15) is 29.9 Å². The predicted molar refractivity (Wildman–Crippen MR) is 67.5 cm³/mol. The molecule has 0 spiro atoms. The van der Waals surface area contributed by atoms with E-state index in [9.17, 15) is 0 Å². The van der Waals surface area contributed by atoms with Gasteiger partial charge < -0.3 is 5.73 Å². The lowest BCUT2D eigenvalue weighted by Gasteiger charge is -2.10. The van der Waals surface area contributed by atoms with Crippen molar-refractivity contribution < 1.29 is 0 Å². The summed E-state index contributed by atoms with van der Waals surface area (Å²) < 4.78 is 1.90. The summed E-state index contributed by atoms with van der Waals surface area (Å²) in [5.41, 5.74) is 9.72. The quantitative estimate of drug-likeness (QED) is 0.883. The van der Waals surface area contributed by atoms with Crippen molar-refractivity contribution in [3.05, 3.63) is 39.8 Å². The molecule has 2 rings (SSSR count). The molecule has 3 nitrogen and oxygen atoms in total. The molecule has 86 valence electrons. The highest BCUT2D eigenvalue weighted by atomic mass is 32.1. The minimum absolute atomic E-state index is 0.0346. The maximum atomic E-state index is 6.20. The van der Waals surface area contributed by atoms with Gasteiger partial charge in [0.25, 0.3) is 0 Å². The van der Waals surface area contributed by atoms with Crippen LogP contribution in [-0.4, -0.2) is 9.78 Å². The lowest BCUT2D eigenvalue weighted by Crippen LogP contribution is -2.16. The molecule has 16 heavy (non-hydrogen) atoms. The highest BCUT2D eigenvalue weighted by Gasteiger charge is 2.13. The molecule has 0 aliphatic rings. The van der Waals surface area contributed by atoms with E-state index in [-0.39, 0.29) is 6.04 Å². The molecular formula is C12H17N3S. The van der Waals surface area contributed by atoms with Gasteiger partial charge in [-0.3, -0.25) is 4.68 Å². The molecule has 0 saturated carbocycles. The van der Waals surface area contributed by atoms with Crippen molar-refractivity contribution in [1.29, 1.82) is 0 Å². The van der Waals surface area contributed by atoms with Gasteiger partial charge in [-0.2, -0.15) is 16.4 Å². The molecule has 2 N–H and O–H groups in total. The number of aromatic nitrogens is 2. The van der Waals surface area contributed by atoms with Crippen LogP contribution in [0.3, 0.4) is 0 Å². The molecule has 4 heteroatoms. The number of nitrogens with two attached hydrogens (primary N) is 1. The molecule has 0 aliphatic carbocycles. The van der Waals surface area contributed by atoms with Crippen LogP contribution in [0.4, 0.5) is 0 Å². The Morgan fingerprint density at radius 1 is 1.56 bits per heavy atom. The predicted octanol–water partition coefficient (Wildman–Crippen LogP) is 2.29. The van der Waals surface area contributed by atoms with Crippen LogP contribution in [0, 0.1) is 0 Å². The highest BCUT2D eigenvalue weighted by Crippen LogP contribution is 2.18. The van der Waals surface area contributed by atoms with Gasteiger partial charge in [-0.05, 0) is 41.3 Å². The average Bonchev–Trinajstić information content (AvgIpc) is 2.87. The van der Waals surface area contributed by atoms with Crippen LogP contribution in [0.25, 0.3) is 0 Å². The van der Waals surface area contributed by atoms with E-state index >= 15 is 0 Å². The lowest BCUT2D eigenvalue weighted by atomic mass is 10.1. The van der Waals surface area contributed by atoms with Gasteiger partial charge >= 0.3 is 0 Å². The first-order chi connectivity index (χ1) is 7.70. The number of thiophene rings is 1. The van der Waals surface area contributed by atoms with Gasteiger partial charge in [-0.25, -0.2) is 0 Å². The van der Waals surface area contributed by atoms with Crippen molar-refractivity contribution >= 4 is 11.3 Å². The Balaban J connectivity index is 2.14. The number of aryl methyl sites for hydroxylation is 2. The monoisotopic (exact) mass is 235 g/mol. The molecule has 2 aromatic rings. The van der Waals surface area contributed by atoms with E-state index in [1.165, 1.54) is 5.56 Å². The summed E-state index contributed by atoms with van der Waals surface area (Å²) in [5.74, 6) is 0. The topological polar surface area (TPSA) is 43.8 Å². The van der Waals surface area contributed by atoms with Crippen molar-refractivity contribution in [1.82, 2.24) is 9.78 Å². The van der Waals surface area contributed by atoms with Crippen molar-refractivity contribution in [2.75, 3.05) is 0 Å². The molecule has 0 amide bonds. The fraction of sp³-hybridized carbons (Fsp3) is 0.417. The second-order valence-electron chi connectivity index (χ2n) is 3.98. The first-order valence-electron chi connectivity index (χ1n) is 5.50. The maximum Gasteiger partial charge on any atom is 0.0625 e. The number of nitrogens with zero attached hydrogens (tertiary/aromatic N) is 2. The highest BCUT2D eigenvalue weighted by molar-refractivity contribution is 7.07. The molecule has 0 saturated heterocycles. The van der Waals surface area contributed by atoms with Crippen LogP contribution in [0.2, 0.25) is 0 Å².